The van der Waals surface area contributed by atoms with Crippen molar-refractivity contribution in [3.63, 3.8) is 0 Å². The number of rotatable bonds is 7. The van der Waals surface area contributed by atoms with Crippen LogP contribution in [0.1, 0.15) is 23.2 Å². The SMILES string of the molecule is COc1ccc(S(=O)(=O)N2CCC(NC(=O)c3ccc(OC)c(OC)c3)CC2)cc1. The zero-order chi connectivity index (χ0) is 21.7. The number of nitrogens with one attached hydrogen (secondary N) is 1. The van der Waals surface area contributed by atoms with Crippen molar-refractivity contribution in [2.24, 2.45) is 0 Å². The maximum atomic E-state index is 12.8. The molecule has 1 N–H and O–H groups in total. The molecule has 3 rings (SSSR count). The van der Waals surface area contributed by atoms with Crippen LogP contribution in [-0.4, -0.2) is 59.1 Å². The van der Waals surface area contributed by atoms with Gasteiger partial charge in [-0.3, -0.25) is 4.79 Å². The first-order chi connectivity index (χ1) is 14.4. The van der Waals surface area contributed by atoms with E-state index < -0.39 is 10.0 Å². The molecule has 0 atom stereocenters. The number of piperidine rings is 1. The maximum absolute atomic E-state index is 12.8. The minimum Gasteiger partial charge on any atom is -0.497 e. The quantitative estimate of drug-likeness (QED) is 0.719. The van der Waals surface area contributed by atoms with Crippen LogP contribution >= 0.6 is 0 Å². The molecule has 2 aromatic carbocycles. The van der Waals surface area contributed by atoms with E-state index >= 15 is 0 Å². The monoisotopic (exact) mass is 434 g/mol. The van der Waals surface area contributed by atoms with Crippen LogP contribution in [0.4, 0.5) is 0 Å². The lowest BCUT2D eigenvalue weighted by atomic mass is 10.1. The number of ether oxygens (including phenoxy) is 3. The maximum Gasteiger partial charge on any atom is 0.251 e. The lowest BCUT2D eigenvalue weighted by Crippen LogP contribution is -2.46. The van der Waals surface area contributed by atoms with Crippen molar-refractivity contribution in [2.45, 2.75) is 23.8 Å². The molecule has 30 heavy (non-hydrogen) atoms. The fourth-order valence-electron chi connectivity index (χ4n) is 3.38. The van der Waals surface area contributed by atoms with Gasteiger partial charge in [-0.05, 0) is 55.3 Å². The van der Waals surface area contributed by atoms with E-state index in [0.29, 0.717) is 48.7 Å². The summed E-state index contributed by atoms with van der Waals surface area (Å²) in [6.07, 6.45) is 1.07. The van der Waals surface area contributed by atoms with Gasteiger partial charge in [-0.2, -0.15) is 4.31 Å². The second-order valence-electron chi connectivity index (χ2n) is 6.90. The van der Waals surface area contributed by atoms with E-state index in [1.165, 1.54) is 25.6 Å². The van der Waals surface area contributed by atoms with E-state index in [4.69, 9.17) is 14.2 Å². The summed E-state index contributed by atoms with van der Waals surface area (Å²) in [5.74, 6) is 1.40. The van der Waals surface area contributed by atoms with Gasteiger partial charge in [0.05, 0.1) is 26.2 Å². The van der Waals surface area contributed by atoms with Crippen LogP contribution in [-0.2, 0) is 10.0 Å². The van der Waals surface area contributed by atoms with E-state index in [-0.39, 0.29) is 16.8 Å². The summed E-state index contributed by atoms with van der Waals surface area (Å²) in [6, 6.07) is 11.2. The molecule has 1 fully saturated rings. The highest BCUT2D eigenvalue weighted by Gasteiger charge is 2.30. The van der Waals surface area contributed by atoms with Crippen molar-refractivity contribution >= 4 is 15.9 Å². The molecule has 0 radical (unpaired) electrons. The Bertz CT molecular complexity index is 983. The summed E-state index contributed by atoms with van der Waals surface area (Å²) in [7, 11) is 1.00. The second-order valence-corrected chi connectivity index (χ2v) is 8.84. The molecule has 8 nitrogen and oxygen atoms in total. The Kier molecular flexibility index (Phi) is 6.84. The summed E-state index contributed by atoms with van der Waals surface area (Å²) in [5.41, 5.74) is 0.459. The molecule has 1 aliphatic rings. The Morgan fingerprint density at radius 2 is 1.57 bits per heavy atom. The normalized spacial score (nSPS) is 15.4. The zero-order valence-electron chi connectivity index (χ0n) is 17.3. The highest BCUT2D eigenvalue weighted by Crippen LogP contribution is 2.28. The average molecular weight is 435 g/mol. The van der Waals surface area contributed by atoms with Gasteiger partial charge in [-0.1, -0.05) is 0 Å². The first-order valence-electron chi connectivity index (χ1n) is 9.56. The first kappa shape index (κ1) is 21.9. The Labute approximate surface area is 176 Å². The number of carbonyl (C=O) groups is 1. The Balaban J connectivity index is 1.60. The third-order valence-corrected chi connectivity index (χ3v) is 7.04. The average Bonchev–Trinajstić information content (AvgIpc) is 2.78. The van der Waals surface area contributed by atoms with Crippen molar-refractivity contribution in [3.05, 3.63) is 48.0 Å². The first-order valence-corrected chi connectivity index (χ1v) is 11.0. The molecule has 0 saturated carbocycles. The number of amides is 1. The van der Waals surface area contributed by atoms with Crippen molar-refractivity contribution in [2.75, 3.05) is 34.4 Å². The molecule has 1 aliphatic heterocycles. The molecule has 1 saturated heterocycles. The molecular weight excluding hydrogens is 408 g/mol. The van der Waals surface area contributed by atoms with Crippen LogP contribution in [0.25, 0.3) is 0 Å². The fraction of sp³-hybridized carbons (Fsp3) is 0.381. The van der Waals surface area contributed by atoms with Gasteiger partial charge in [0.2, 0.25) is 10.0 Å². The van der Waals surface area contributed by atoms with Crippen molar-refractivity contribution < 1.29 is 27.4 Å². The van der Waals surface area contributed by atoms with Gasteiger partial charge in [0, 0.05) is 24.7 Å². The number of carbonyl (C=O) groups excluding carboxylic acids is 1. The third-order valence-electron chi connectivity index (χ3n) is 5.13. The van der Waals surface area contributed by atoms with Gasteiger partial charge in [-0.25, -0.2) is 8.42 Å². The second kappa shape index (κ2) is 9.36. The van der Waals surface area contributed by atoms with E-state index in [0.717, 1.165) is 0 Å². The molecule has 0 aromatic heterocycles. The number of hydrogen-bond acceptors (Lipinski definition) is 6. The Morgan fingerprint density at radius 3 is 2.13 bits per heavy atom. The molecule has 0 unspecified atom stereocenters. The predicted octanol–water partition coefficient (Wildman–Crippen LogP) is 2.30. The van der Waals surface area contributed by atoms with E-state index in [9.17, 15) is 13.2 Å². The molecular formula is C21H26N2O6S. The summed E-state index contributed by atoms with van der Waals surface area (Å²) in [6.45, 7) is 0.677. The number of nitrogens with zero attached hydrogens (tertiary/aromatic N) is 1. The number of methoxy groups -OCH3 is 3. The van der Waals surface area contributed by atoms with Gasteiger partial charge in [0.1, 0.15) is 5.75 Å². The van der Waals surface area contributed by atoms with Gasteiger partial charge >= 0.3 is 0 Å². The number of hydrogen-bond donors (Lipinski definition) is 1. The minimum atomic E-state index is -3.57. The summed E-state index contributed by atoms with van der Waals surface area (Å²) in [5, 5.41) is 2.98. The van der Waals surface area contributed by atoms with E-state index in [1.54, 1.807) is 42.5 Å². The molecule has 1 heterocycles. The van der Waals surface area contributed by atoms with Gasteiger partial charge in [-0.15, -0.1) is 0 Å². The smallest absolute Gasteiger partial charge is 0.251 e. The lowest BCUT2D eigenvalue weighted by molar-refractivity contribution is 0.0923. The van der Waals surface area contributed by atoms with Gasteiger partial charge in [0.15, 0.2) is 11.5 Å². The van der Waals surface area contributed by atoms with Crippen molar-refractivity contribution in [1.82, 2.24) is 9.62 Å². The molecule has 0 aliphatic carbocycles. The fourth-order valence-corrected chi connectivity index (χ4v) is 4.85. The third kappa shape index (κ3) is 4.68. The molecule has 162 valence electrons. The predicted molar refractivity (Wildman–Crippen MR) is 112 cm³/mol. The van der Waals surface area contributed by atoms with Crippen LogP contribution < -0.4 is 19.5 Å². The summed E-state index contributed by atoms with van der Waals surface area (Å²) >= 11 is 0. The molecule has 0 bridgehead atoms. The zero-order valence-corrected chi connectivity index (χ0v) is 18.1. The molecule has 1 amide bonds. The van der Waals surface area contributed by atoms with E-state index in [2.05, 4.69) is 5.32 Å². The largest absolute Gasteiger partial charge is 0.497 e. The molecule has 9 heteroatoms. The minimum absolute atomic E-state index is 0.104. The summed E-state index contributed by atoms with van der Waals surface area (Å²) < 4.78 is 42.6. The van der Waals surface area contributed by atoms with Crippen LogP contribution in [0.5, 0.6) is 17.2 Å². The van der Waals surface area contributed by atoms with Crippen molar-refractivity contribution in [3.8, 4) is 17.2 Å². The highest BCUT2D eigenvalue weighted by atomic mass is 32.2. The van der Waals surface area contributed by atoms with Crippen LogP contribution in [0.2, 0.25) is 0 Å². The number of sulfonamides is 1. The lowest BCUT2D eigenvalue weighted by Gasteiger charge is -2.31. The van der Waals surface area contributed by atoms with Gasteiger partial charge in [0.25, 0.3) is 5.91 Å². The standard InChI is InChI=1S/C21H26N2O6S/c1-27-17-5-7-18(8-6-17)30(25,26)23-12-10-16(11-13-23)22-21(24)15-4-9-19(28-2)20(14-15)29-3/h4-9,14,16H,10-13H2,1-3H3,(H,22,24). The van der Waals surface area contributed by atoms with Crippen LogP contribution in [0.3, 0.4) is 0 Å². The Morgan fingerprint density at radius 1 is 0.933 bits per heavy atom. The molecule has 2 aromatic rings. The van der Waals surface area contributed by atoms with E-state index in [1.807, 2.05) is 0 Å². The van der Waals surface area contributed by atoms with Gasteiger partial charge < -0.3 is 19.5 Å². The highest BCUT2D eigenvalue weighted by molar-refractivity contribution is 7.89. The summed E-state index contributed by atoms with van der Waals surface area (Å²) in [4.78, 5) is 12.8. The topological polar surface area (TPSA) is 94.2 Å². The van der Waals surface area contributed by atoms with Crippen LogP contribution in [0, 0.1) is 0 Å². The molecule has 0 spiro atoms. The Hall–Kier alpha value is -2.78. The van der Waals surface area contributed by atoms with Crippen LogP contribution in [0.15, 0.2) is 47.4 Å². The number of benzene rings is 2. The van der Waals surface area contributed by atoms with Crippen molar-refractivity contribution in [1.29, 1.82) is 0 Å².